The van der Waals surface area contributed by atoms with E-state index in [0.717, 1.165) is 5.56 Å². The van der Waals surface area contributed by atoms with Gasteiger partial charge in [-0.05, 0) is 49.6 Å². The lowest BCUT2D eigenvalue weighted by Crippen LogP contribution is -2.33. The minimum atomic E-state index is -3.27. The predicted octanol–water partition coefficient (Wildman–Crippen LogP) is 2.77. The van der Waals surface area contributed by atoms with Crippen LogP contribution in [0.2, 0.25) is 0 Å². The van der Waals surface area contributed by atoms with Gasteiger partial charge in [-0.3, -0.25) is 9.78 Å². The second kappa shape index (κ2) is 8.22. The Morgan fingerprint density at radius 3 is 2.20 bits per heavy atom. The van der Waals surface area contributed by atoms with Crippen molar-refractivity contribution >= 4 is 21.6 Å². The zero-order chi connectivity index (χ0) is 18.4. The van der Waals surface area contributed by atoms with Crippen molar-refractivity contribution in [1.29, 1.82) is 0 Å². The zero-order valence-corrected chi connectivity index (χ0v) is 15.4. The number of rotatable bonds is 7. The maximum Gasteiger partial charge on any atom is 0.255 e. The molecule has 0 radical (unpaired) electrons. The summed E-state index contributed by atoms with van der Waals surface area (Å²) in [5, 5.41) is 2.36. The number of carbonyl (C=O) groups is 1. The van der Waals surface area contributed by atoms with Gasteiger partial charge in [-0.1, -0.05) is 19.1 Å². The molecule has 1 unspecified atom stereocenters. The Morgan fingerprint density at radius 1 is 1.04 bits per heavy atom. The quantitative estimate of drug-likeness (QED) is 0.794. The highest BCUT2D eigenvalue weighted by Gasteiger charge is 2.17. The van der Waals surface area contributed by atoms with Gasteiger partial charge in [0, 0.05) is 30.2 Å². The van der Waals surface area contributed by atoms with Crippen LogP contribution >= 0.6 is 0 Å². The summed E-state index contributed by atoms with van der Waals surface area (Å²) in [5.41, 5.74) is 2.21. The molecule has 7 heteroatoms. The summed E-state index contributed by atoms with van der Waals surface area (Å²) in [6.07, 6.45) is 3.13. The summed E-state index contributed by atoms with van der Waals surface area (Å²) in [7, 11) is -3.27. The molecule has 0 aliphatic heterocycles. The van der Waals surface area contributed by atoms with Gasteiger partial charge < -0.3 is 5.32 Å². The third-order valence-corrected chi connectivity index (χ3v) is 5.70. The largest absolute Gasteiger partial charge is 0.322 e. The number of sulfonamides is 1. The average Bonchev–Trinajstić information content (AvgIpc) is 2.61. The Kier molecular flexibility index (Phi) is 6.27. The monoisotopic (exact) mass is 361 g/mol. The highest BCUT2D eigenvalue weighted by molar-refractivity contribution is 7.90. The molecule has 1 heterocycles. The van der Waals surface area contributed by atoms with Crippen LogP contribution in [0.15, 0.2) is 48.8 Å². The molecule has 6 nitrogen and oxygen atoms in total. The lowest BCUT2D eigenvalue weighted by Gasteiger charge is -2.15. The van der Waals surface area contributed by atoms with Crippen LogP contribution in [-0.4, -0.2) is 31.1 Å². The van der Waals surface area contributed by atoms with Crippen molar-refractivity contribution in [1.82, 2.24) is 9.71 Å². The lowest BCUT2D eigenvalue weighted by molar-refractivity contribution is 0.102. The van der Waals surface area contributed by atoms with Gasteiger partial charge in [0.2, 0.25) is 10.0 Å². The molecule has 1 amide bonds. The summed E-state index contributed by atoms with van der Waals surface area (Å²) in [6, 6.07) is 10.7. The third-order valence-electron chi connectivity index (χ3n) is 3.89. The Balaban J connectivity index is 1.96. The van der Waals surface area contributed by atoms with Crippen LogP contribution in [0.5, 0.6) is 0 Å². The van der Waals surface area contributed by atoms with Crippen molar-refractivity contribution in [3.05, 3.63) is 59.9 Å². The number of amides is 1. The fourth-order valence-electron chi connectivity index (χ4n) is 2.13. The van der Waals surface area contributed by atoms with E-state index in [1.54, 1.807) is 38.4 Å². The van der Waals surface area contributed by atoms with Crippen molar-refractivity contribution in [3.63, 3.8) is 0 Å². The lowest BCUT2D eigenvalue weighted by atomic mass is 10.0. The van der Waals surface area contributed by atoms with Crippen LogP contribution < -0.4 is 10.0 Å². The summed E-state index contributed by atoms with van der Waals surface area (Å²) >= 11 is 0. The molecule has 2 rings (SSSR count). The van der Waals surface area contributed by atoms with Crippen LogP contribution in [0.25, 0.3) is 0 Å². The van der Waals surface area contributed by atoms with Gasteiger partial charge in [0.05, 0.1) is 5.25 Å². The number of hydrogen-bond donors (Lipinski definition) is 2. The maximum atomic E-state index is 12.1. The number of nitrogens with zero attached hydrogens (tertiary/aromatic N) is 1. The van der Waals surface area contributed by atoms with Gasteiger partial charge >= 0.3 is 0 Å². The molecule has 0 aliphatic rings. The van der Waals surface area contributed by atoms with Crippen LogP contribution in [0, 0.1) is 0 Å². The Morgan fingerprint density at radius 2 is 1.64 bits per heavy atom. The summed E-state index contributed by atoms with van der Waals surface area (Å²) in [5.74, 6) is -0.175. The minimum absolute atomic E-state index is 0.0264. The number of hydrogen-bond acceptors (Lipinski definition) is 4. The smallest absolute Gasteiger partial charge is 0.255 e. The first-order valence-corrected chi connectivity index (χ1v) is 9.64. The van der Waals surface area contributed by atoms with E-state index in [1.165, 1.54) is 0 Å². The number of benzene rings is 1. The molecule has 2 N–H and O–H groups in total. The predicted molar refractivity (Wildman–Crippen MR) is 99.1 cm³/mol. The highest BCUT2D eigenvalue weighted by atomic mass is 32.2. The fraction of sp³-hybridized carbons (Fsp3) is 0.333. The summed E-state index contributed by atoms with van der Waals surface area (Å²) in [4.78, 5) is 16.0. The van der Waals surface area contributed by atoms with E-state index in [0.29, 0.717) is 17.8 Å². The van der Waals surface area contributed by atoms with Crippen molar-refractivity contribution in [2.45, 2.75) is 31.9 Å². The van der Waals surface area contributed by atoms with Gasteiger partial charge in [-0.25, -0.2) is 13.1 Å². The summed E-state index contributed by atoms with van der Waals surface area (Å²) < 4.78 is 26.2. The van der Waals surface area contributed by atoms with Crippen molar-refractivity contribution in [3.8, 4) is 0 Å². The molecule has 1 aromatic carbocycles. The maximum absolute atomic E-state index is 12.1. The van der Waals surface area contributed by atoms with Crippen molar-refractivity contribution in [2.75, 3.05) is 11.9 Å². The molecule has 2 aromatic rings. The van der Waals surface area contributed by atoms with Crippen LogP contribution in [0.1, 0.15) is 42.6 Å². The first kappa shape index (κ1) is 19.1. The van der Waals surface area contributed by atoms with E-state index in [2.05, 4.69) is 15.0 Å². The van der Waals surface area contributed by atoms with E-state index in [4.69, 9.17) is 0 Å². The van der Waals surface area contributed by atoms with Gasteiger partial charge in [0.1, 0.15) is 0 Å². The molecule has 1 aromatic heterocycles. The molecule has 0 saturated carbocycles. The molecule has 0 bridgehead atoms. The standard InChI is InChI=1S/C18H23N3O3S/c1-13(2)25(23,24)20-12-14(3)15-4-6-17(7-5-15)21-18(22)16-8-10-19-11-9-16/h4-11,13-14,20H,12H2,1-3H3,(H,21,22). The molecule has 134 valence electrons. The van der Waals surface area contributed by atoms with Gasteiger partial charge in [-0.2, -0.15) is 0 Å². The third kappa shape index (κ3) is 5.37. The summed E-state index contributed by atoms with van der Waals surface area (Å²) in [6.45, 7) is 5.58. The highest BCUT2D eigenvalue weighted by Crippen LogP contribution is 2.18. The van der Waals surface area contributed by atoms with Crippen molar-refractivity contribution in [2.24, 2.45) is 0 Å². The SMILES string of the molecule is CC(CNS(=O)(=O)C(C)C)c1ccc(NC(=O)c2ccncc2)cc1. The molecular weight excluding hydrogens is 338 g/mol. The first-order valence-electron chi connectivity index (χ1n) is 8.09. The molecular formula is C18H23N3O3S. The number of anilines is 1. The second-order valence-electron chi connectivity index (χ2n) is 6.16. The van der Waals surface area contributed by atoms with E-state index in [9.17, 15) is 13.2 Å². The molecule has 25 heavy (non-hydrogen) atoms. The second-order valence-corrected chi connectivity index (χ2v) is 8.48. The normalized spacial score (nSPS) is 12.8. The molecule has 0 saturated heterocycles. The van der Waals surface area contributed by atoms with E-state index in [-0.39, 0.29) is 11.8 Å². The first-order chi connectivity index (χ1) is 11.8. The molecule has 0 aliphatic carbocycles. The Labute approximate surface area is 148 Å². The zero-order valence-electron chi connectivity index (χ0n) is 14.6. The Bertz CT molecular complexity index is 803. The van der Waals surface area contributed by atoms with Gasteiger partial charge in [0.15, 0.2) is 0 Å². The van der Waals surface area contributed by atoms with E-state index in [1.807, 2.05) is 31.2 Å². The van der Waals surface area contributed by atoms with Gasteiger partial charge in [-0.15, -0.1) is 0 Å². The van der Waals surface area contributed by atoms with Crippen LogP contribution in [-0.2, 0) is 10.0 Å². The van der Waals surface area contributed by atoms with Crippen LogP contribution in [0.4, 0.5) is 5.69 Å². The molecule has 0 fully saturated rings. The molecule has 0 spiro atoms. The van der Waals surface area contributed by atoms with Crippen LogP contribution in [0.3, 0.4) is 0 Å². The minimum Gasteiger partial charge on any atom is -0.322 e. The number of pyridine rings is 1. The topological polar surface area (TPSA) is 88.2 Å². The number of aromatic nitrogens is 1. The number of nitrogens with one attached hydrogen (secondary N) is 2. The number of carbonyl (C=O) groups excluding carboxylic acids is 1. The van der Waals surface area contributed by atoms with Gasteiger partial charge in [0.25, 0.3) is 5.91 Å². The average molecular weight is 361 g/mol. The molecule has 1 atom stereocenters. The van der Waals surface area contributed by atoms with Crippen molar-refractivity contribution < 1.29 is 13.2 Å². The Hall–Kier alpha value is -2.25. The fourth-order valence-corrected chi connectivity index (χ4v) is 2.94. The van der Waals surface area contributed by atoms with E-state index < -0.39 is 15.3 Å². The van der Waals surface area contributed by atoms with E-state index >= 15 is 0 Å².